The van der Waals surface area contributed by atoms with Crippen LogP contribution in [0.3, 0.4) is 0 Å². The van der Waals surface area contributed by atoms with Crippen molar-refractivity contribution in [3.05, 3.63) is 42.2 Å². The number of nitrogens with two attached hydrogens (primary N) is 1. The van der Waals surface area contributed by atoms with Crippen LogP contribution < -0.4 is 5.73 Å². The summed E-state index contributed by atoms with van der Waals surface area (Å²) in [6.45, 7) is 3.56. The van der Waals surface area contributed by atoms with Gasteiger partial charge in [0.25, 0.3) is 5.91 Å². The number of hydrogen-bond donors (Lipinski definition) is 1. The van der Waals surface area contributed by atoms with Gasteiger partial charge in [0.05, 0.1) is 0 Å². The van der Waals surface area contributed by atoms with Crippen LogP contribution in [0.5, 0.6) is 0 Å². The Bertz CT molecular complexity index is 650. The Morgan fingerprint density at radius 1 is 1.43 bits per heavy atom. The van der Waals surface area contributed by atoms with E-state index in [1.165, 1.54) is 0 Å². The predicted octanol–water partition coefficient (Wildman–Crippen LogP) is 2.43. The summed E-state index contributed by atoms with van der Waals surface area (Å²) in [4.78, 5) is 19.0. The molecular formula is C17H21N3O. The van der Waals surface area contributed by atoms with Crippen molar-refractivity contribution in [2.45, 2.75) is 25.8 Å². The third-order valence-corrected chi connectivity index (χ3v) is 4.42. The summed E-state index contributed by atoms with van der Waals surface area (Å²) in [6.07, 6.45) is 5.58. The van der Waals surface area contributed by atoms with Crippen LogP contribution in [0.15, 0.2) is 36.7 Å². The second kappa shape index (κ2) is 5.82. The Kier molecular flexibility index (Phi) is 3.88. The van der Waals surface area contributed by atoms with Crippen molar-refractivity contribution in [1.82, 2.24) is 9.88 Å². The number of fused-ring (bicyclic) bond motifs is 1. The number of hydrogen-bond acceptors (Lipinski definition) is 3. The Morgan fingerprint density at radius 3 is 3.10 bits per heavy atom. The molecule has 2 N–H and O–H groups in total. The average Bonchev–Trinajstić information content (AvgIpc) is 2.53. The molecule has 3 rings (SSSR count). The molecule has 0 saturated carbocycles. The molecule has 1 aromatic heterocycles. The smallest absolute Gasteiger partial charge is 0.254 e. The zero-order valence-corrected chi connectivity index (χ0v) is 12.3. The Labute approximate surface area is 125 Å². The molecule has 1 amide bonds. The first-order chi connectivity index (χ1) is 10.2. The van der Waals surface area contributed by atoms with E-state index in [1.807, 2.05) is 29.2 Å². The molecule has 4 nitrogen and oxygen atoms in total. The van der Waals surface area contributed by atoms with Gasteiger partial charge in [-0.2, -0.15) is 0 Å². The Hall–Kier alpha value is -1.94. The number of rotatable bonds is 2. The molecule has 2 atom stereocenters. The second-order valence-corrected chi connectivity index (χ2v) is 5.92. The number of amides is 1. The van der Waals surface area contributed by atoms with E-state index >= 15 is 0 Å². The first kappa shape index (κ1) is 14.0. The van der Waals surface area contributed by atoms with E-state index in [0.29, 0.717) is 12.5 Å². The fourth-order valence-corrected chi connectivity index (χ4v) is 3.21. The van der Waals surface area contributed by atoms with Crippen LogP contribution in [0.1, 0.15) is 30.1 Å². The number of piperidine rings is 1. The van der Waals surface area contributed by atoms with Crippen LogP contribution in [-0.2, 0) is 0 Å². The van der Waals surface area contributed by atoms with E-state index in [2.05, 4.69) is 11.9 Å². The van der Waals surface area contributed by atoms with Gasteiger partial charge >= 0.3 is 0 Å². The number of likely N-dealkylation sites (tertiary alicyclic amines) is 1. The van der Waals surface area contributed by atoms with Crippen LogP contribution in [0.25, 0.3) is 10.8 Å². The van der Waals surface area contributed by atoms with Gasteiger partial charge in [-0.25, -0.2) is 0 Å². The highest BCUT2D eigenvalue weighted by molar-refractivity contribution is 6.06. The van der Waals surface area contributed by atoms with E-state index in [1.54, 1.807) is 12.4 Å². The van der Waals surface area contributed by atoms with E-state index in [-0.39, 0.29) is 11.9 Å². The Morgan fingerprint density at radius 2 is 2.29 bits per heavy atom. The van der Waals surface area contributed by atoms with Crippen LogP contribution in [-0.4, -0.2) is 34.9 Å². The first-order valence-corrected chi connectivity index (χ1v) is 7.54. The van der Waals surface area contributed by atoms with Crippen molar-refractivity contribution >= 4 is 16.7 Å². The quantitative estimate of drug-likeness (QED) is 0.921. The fourth-order valence-electron chi connectivity index (χ4n) is 3.21. The second-order valence-electron chi connectivity index (χ2n) is 5.92. The van der Waals surface area contributed by atoms with Crippen LogP contribution in [0, 0.1) is 5.92 Å². The lowest BCUT2D eigenvalue weighted by atomic mass is 9.91. The Balaban J connectivity index is 1.96. The maximum absolute atomic E-state index is 12.9. The fraction of sp³-hybridized carbons (Fsp3) is 0.412. The SMILES string of the molecule is CC1CCN(C(=O)c2cccc3cnccc23)C(CN)C1. The summed E-state index contributed by atoms with van der Waals surface area (Å²) in [5.74, 6) is 0.730. The summed E-state index contributed by atoms with van der Waals surface area (Å²) < 4.78 is 0. The molecule has 0 radical (unpaired) electrons. The van der Waals surface area contributed by atoms with Crippen molar-refractivity contribution in [3.8, 4) is 0 Å². The minimum absolute atomic E-state index is 0.0918. The van der Waals surface area contributed by atoms with E-state index in [9.17, 15) is 4.79 Å². The van der Waals surface area contributed by atoms with Gasteiger partial charge in [-0.3, -0.25) is 9.78 Å². The van der Waals surface area contributed by atoms with Crippen molar-refractivity contribution in [2.24, 2.45) is 11.7 Å². The van der Waals surface area contributed by atoms with Gasteiger partial charge in [-0.15, -0.1) is 0 Å². The number of nitrogens with zero attached hydrogens (tertiary/aromatic N) is 2. The molecule has 0 aliphatic carbocycles. The van der Waals surface area contributed by atoms with Gasteiger partial charge in [-0.05, 0) is 36.3 Å². The molecule has 110 valence electrons. The molecule has 1 saturated heterocycles. The first-order valence-electron chi connectivity index (χ1n) is 7.54. The molecule has 2 heterocycles. The van der Waals surface area contributed by atoms with Gasteiger partial charge in [0.15, 0.2) is 0 Å². The van der Waals surface area contributed by atoms with E-state index in [4.69, 9.17) is 5.73 Å². The molecule has 1 fully saturated rings. The standard InChI is InChI=1S/C17H21N3O/c1-12-6-8-20(14(9-12)10-18)17(21)16-4-2-3-13-11-19-7-5-15(13)16/h2-5,7,11-12,14H,6,8-10,18H2,1H3. The van der Waals surface area contributed by atoms with Gasteiger partial charge in [-0.1, -0.05) is 19.1 Å². The number of pyridine rings is 1. The van der Waals surface area contributed by atoms with E-state index < -0.39 is 0 Å². The van der Waals surface area contributed by atoms with Crippen molar-refractivity contribution in [2.75, 3.05) is 13.1 Å². The third-order valence-electron chi connectivity index (χ3n) is 4.42. The predicted molar refractivity (Wildman–Crippen MR) is 84.0 cm³/mol. The molecule has 4 heteroatoms. The molecule has 1 aromatic carbocycles. The topological polar surface area (TPSA) is 59.2 Å². The summed E-state index contributed by atoms with van der Waals surface area (Å²) in [5.41, 5.74) is 6.63. The van der Waals surface area contributed by atoms with Gasteiger partial charge in [0.1, 0.15) is 0 Å². The minimum atomic E-state index is 0.0918. The third kappa shape index (κ3) is 2.63. The molecule has 1 aliphatic heterocycles. The van der Waals surface area contributed by atoms with E-state index in [0.717, 1.165) is 35.7 Å². The highest BCUT2D eigenvalue weighted by Crippen LogP contribution is 2.26. The van der Waals surface area contributed by atoms with Gasteiger partial charge < -0.3 is 10.6 Å². The summed E-state index contributed by atoms with van der Waals surface area (Å²) in [6, 6.07) is 7.86. The normalized spacial score (nSPS) is 22.5. The lowest BCUT2D eigenvalue weighted by Gasteiger charge is -2.38. The zero-order chi connectivity index (χ0) is 14.8. The monoisotopic (exact) mass is 283 g/mol. The number of benzene rings is 1. The van der Waals surface area contributed by atoms with Crippen LogP contribution in [0.4, 0.5) is 0 Å². The number of aromatic nitrogens is 1. The van der Waals surface area contributed by atoms with Gasteiger partial charge in [0.2, 0.25) is 0 Å². The lowest BCUT2D eigenvalue weighted by Crippen LogP contribution is -2.49. The number of carbonyl (C=O) groups excluding carboxylic acids is 1. The highest BCUT2D eigenvalue weighted by atomic mass is 16.2. The molecule has 21 heavy (non-hydrogen) atoms. The highest BCUT2D eigenvalue weighted by Gasteiger charge is 2.30. The van der Waals surface area contributed by atoms with Crippen LogP contribution in [0.2, 0.25) is 0 Å². The largest absolute Gasteiger partial charge is 0.334 e. The maximum Gasteiger partial charge on any atom is 0.254 e. The summed E-state index contributed by atoms with van der Waals surface area (Å²) >= 11 is 0. The van der Waals surface area contributed by atoms with Crippen LogP contribution >= 0.6 is 0 Å². The van der Waals surface area contributed by atoms with Crippen molar-refractivity contribution in [3.63, 3.8) is 0 Å². The molecule has 2 aromatic rings. The molecule has 1 aliphatic rings. The molecular weight excluding hydrogens is 262 g/mol. The lowest BCUT2D eigenvalue weighted by molar-refractivity contribution is 0.0575. The molecule has 0 spiro atoms. The summed E-state index contributed by atoms with van der Waals surface area (Å²) in [7, 11) is 0. The van der Waals surface area contributed by atoms with Crippen molar-refractivity contribution < 1.29 is 4.79 Å². The number of carbonyl (C=O) groups is 1. The average molecular weight is 283 g/mol. The maximum atomic E-state index is 12.9. The zero-order valence-electron chi connectivity index (χ0n) is 12.3. The molecule has 2 unspecified atom stereocenters. The summed E-state index contributed by atoms with van der Waals surface area (Å²) in [5, 5.41) is 1.96. The minimum Gasteiger partial charge on any atom is -0.334 e. The molecule has 0 bridgehead atoms. The van der Waals surface area contributed by atoms with Crippen molar-refractivity contribution in [1.29, 1.82) is 0 Å². The van der Waals surface area contributed by atoms with Gasteiger partial charge in [0, 0.05) is 42.5 Å².